The Kier molecular flexibility index (Phi) is 7.89. The van der Waals surface area contributed by atoms with Crippen LogP contribution in [0.15, 0.2) is 10.4 Å². The second-order valence-electron chi connectivity index (χ2n) is 5.42. The molecule has 5 nitrogen and oxygen atoms in total. The molecule has 1 fully saturated rings. The fourth-order valence-corrected chi connectivity index (χ4v) is 3.18. The number of nitrogens with two attached hydrogens (primary N) is 1. The van der Waals surface area contributed by atoms with E-state index >= 15 is 0 Å². The second kappa shape index (κ2) is 8.89. The number of thiazole rings is 1. The Hall–Kier alpha value is -0.410. The van der Waals surface area contributed by atoms with E-state index in [1.54, 1.807) is 18.4 Å². The number of halogens is 1. The number of nitrogens with zero attached hydrogens (tertiary/aromatic N) is 3. The van der Waals surface area contributed by atoms with Crippen molar-refractivity contribution in [2.45, 2.75) is 39.3 Å². The molecule has 120 valence electrons. The molecular weight excluding hydrogens is 399 g/mol. The lowest BCUT2D eigenvalue weighted by Gasteiger charge is -2.31. The molecule has 0 amide bonds. The molecule has 21 heavy (non-hydrogen) atoms. The molecule has 0 saturated carbocycles. The van der Waals surface area contributed by atoms with Crippen LogP contribution < -0.4 is 5.73 Å². The van der Waals surface area contributed by atoms with E-state index in [2.05, 4.69) is 21.8 Å². The van der Waals surface area contributed by atoms with Crippen LogP contribution in [0.3, 0.4) is 0 Å². The largest absolute Gasteiger partial charge is 0.375 e. The summed E-state index contributed by atoms with van der Waals surface area (Å²) >= 11 is 1.61. The molecule has 0 aromatic carbocycles. The SMILES string of the molecule is COC(C)c1nc(CN=C(N)N2CCCC(C)C2)cs1.I. The van der Waals surface area contributed by atoms with E-state index < -0.39 is 0 Å². The van der Waals surface area contributed by atoms with Crippen LogP contribution in [0.4, 0.5) is 0 Å². The van der Waals surface area contributed by atoms with E-state index in [0.29, 0.717) is 18.4 Å². The fourth-order valence-electron chi connectivity index (χ4n) is 2.34. The van der Waals surface area contributed by atoms with Crippen molar-refractivity contribution in [1.82, 2.24) is 9.88 Å². The molecule has 1 aromatic heterocycles. The Labute approximate surface area is 148 Å². The number of rotatable bonds is 4. The Bertz CT molecular complexity index is 466. The molecule has 1 saturated heterocycles. The van der Waals surface area contributed by atoms with E-state index in [0.717, 1.165) is 23.8 Å². The van der Waals surface area contributed by atoms with E-state index in [1.807, 2.05) is 12.3 Å². The zero-order valence-electron chi connectivity index (χ0n) is 12.9. The van der Waals surface area contributed by atoms with Crippen molar-refractivity contribution in [2.75, 3.05) is 20.2 Å². The van der Waals surface area contributed by atoms with E-state index in [1.165, 1.54) is 12.8 Å². The van der Waals surface area contributed by atoms with Crippen LogP contribution in [0.2, 0.25) is 0 Å². The normalized spacial score (nSPS) is 21.0. The Balaban J connectivity index is 0.00000220. The monoisotopic (exact) mass is 424 g/mol. The summed E-state index contributed by atoms with van der Waals surface area (Å²) in [6.45, 7) is 6.83. The number of aromatic nitrogens is 1. The molecule has 2 N–H and O–H groups in total. The highest BCUT2D eigenvalue weighted by Gasteiger charge is 2.17. The van der Waals surface area contributed by atoms with Gasteiger partial charge in [0.2, 0.25) is 0 Å². The molecule has 1 aliphatic heterocycles. The Morgan fingerprint density at radius 1 is 1.67 bits per heavy atom. The van der Waals surface area contributed by atoms with Gasteiger partial charge in [0, 0.05) is 25.6 Å². The number of guanidine groups is 1. The predicted octanol–water partition coefficient (Wildman–Crippen LogP) is 3.02. The van der Waals surface area contributed by atoms with Gasteiger partial charge in [-0.15, -0.1) is 35.3 Å². The highest BCUT2D eigenvalue weighted by Crippen LogP contribution is 2.21. The molecule has 1 aromatic rings. The number of methoxy groups -OCH3 is 1. The van der Waals surface area contributed by atoms with Gasteiger partial charge in [0.1, 0.15) is 11.1 Å². The van der Waals surface area contributed by atoms with Crippen LogP contribution in [0.1, 0.15) is 43.5 Å². The molecule has 1 aliphatic rings. The molecule has 2 rings (SSSR count). The topological polar surface area (TPSA) is 63.7 Å². The standard InChI is InChI=1S/C14H24N4OS.HI/c1-10-5-4-6-18(8-10)14(15)16-7-12-9-20-13(17-12)11(2)19-3;/h9-11H,4-8H2,1-3H3,(H2,15,16);1H. The van der Waals surface area contributed by atoms with Gasteiger partial charge in [-0.05, 0) is 25.7 Å². The smallest absolute Gasteiger partial charge is 0.191 e. The van der Waals surface area contributed by atoms with Gasteiger partial charge in [0.25, 0.3) is 0 Å². The van der Waals surface area contributed by atoms with Crippen molar-refractivity contribution in [1.29, 1.82) is 0 Å². The maximum atomic E-state index is 6.08. The van der Waals surface area contributed by atoms with Crippen LogP contribution in [-0.2, 0) is 11.3 Å². The fraction of sp³-hybridized carbons (Fsp3) is 0.714. The molecule has 0 spiro atoms. The van der Waals surface area contributed by atoms with Crippen molar-refractivity contribution in [3.8, 4) is 0 Å². The van der Waals surface area contributed by atoms with Crippen LogP contribution in [-0.4, -0.2) is 36.0 Å². The van der Waals surface area contributed by atoms with E-state index in [-0.39, 0.29) is 30.1 Å². The van der Waals surface area contributed by atoms with Gasteiger partial charge in [-0.1, -0.05) is 6.92 Å². The van der Waals surface area contributed by atoms with Crippen molar-refractivity contribution in [3.63, 3.8) is 0 Å². The molecule has 2 heterocycles. The minimum atomic E-state index is 0. The number of piperidine rings is 1. The Morgan fingerprint density at radius 3 is 3.10 bits per heavy atom. The zero-order chi connectivity index (χ0) is 14.5. The average molecular weight is 424 g/mol. The van der Waals surface area contributed by atoms with Crippen LogP contribution >= 0.6 is 35.3 Å². The third-order valence-electron chi connectivity index (χ3n) is 3.65. The van der Waals surface area contributed by atoms with Gasteiger partial charge < -0.3 is 15.4 Å². The number of hydrogen-bond donors (Lipinski definition) is 1. The summed E-state index contributed by atoms with van der Waals surface area (Å²) in [5, 5.41) is 3.02. The summed E-state index contributed by atoms with van der Waals surface area (Å²) in [7, 11) is 1.69. The molecule has 0 radical (unpaired) electrons. The van der Waals surface area contributed by atoms with Crippen LogP contribution in [0.25, 0.3) is 0 Å². The summed E-state index contributed by atoms with van der Waals surface area (Å²) in [6, 6.07) is 0. The first-order valence-corrected chi connectivity index (χ1v) is 8.00. The zero-order valence-corrected chi connectivity index (χ0v) is 16.1. The molecule has 2 atom stereocenters. The minimum Gasteiger partial charge on any atom is -0.375 e. The van der Waals surface area contributed by atoms with Gasteiger partial charge in [-0.3, -0.25) is 0 Å². The summed E-state index contributed by atoms with van der Waals surface area (Å²) < 4.78 is 5.26. The molecule has 0 bridgehead atoms. The lowest BCUT2D eigenvalue weighted by molar-refractivity contribution is 0.119. The van der Waals surface area contributed by atoms with Gasteiger partial charge in [0.15, 0.2) is 5.96 Å². The van der Waals surface area contributed by atoms with Crippen LogP contribution in [0, 0.1) is 5.92 Å². The quantitative estimate of drug-likeness (QED) is 0.459. The third kappa shape index (κ3) is 5.37. The number of ether oxygens (including phenoxy) is 1. The first kappa shape index (κ1) is 18.6. The first-order valence-electron chi connectivity index (χ1n) is 7.12. The number of hydrogen-bond acceptors (Lipinski definition) is 4. The molecule has 7 heteroatoms. The minimum absolute atomic E-state index is 0. The first-order chi connectivity index (χ1) is 9.60. The highest BCUT2D eigenvalue weighted by atomic mass is 127. The highest BCUT2D eigenvalue weighted by molar-refractivity contribution is 14.0. The Morgan fingerprint density at radius 2 is 2.43 bits per heavy atom. The summed E-state index contributed by atoms with van der Waals surface area (Å²) in [6.07, 6.45) is 2.52. The van der Waals surface area contributed by atoms with Gasteiger partial charge in [-0.25, -0.2) is 9.98 Å². The molecular formula is C14H25IN4OS. The van der Waals surface area contributed by atoms with Crippen molar-refractivity contribution >= 4 is 41.3 Å². The summed E-state index contributed by atoms with van der Waals surface area (Å²) in [4.78, 5) is 11.2. The molecule has 0 aliphatic carbocycles. The summed E-state index contributed by atoms with van der Waals surface area (Å²) in [5.74, 6) is 1.34. The third-order valence-corrected chi connectivity index (χ3v) is 4.71. The van der Waals surface area contributed by atoms with Gasteiger partial charge in [0.05, 0.1) is 12.2 Å². The lowest BCUT2D eigenvalue weighted by Crippen LogP contribution is -2.43. The van der Waals surface area contributed by atoms with E-state index in [9.17, 15) is 0 Å². The maximum Gasteiger partial charge on any atom is 0.191 e. The van der Waals surface area contributed by atoms with Crippen molar-refractivity contribution in [3.05, 3.63) is 16.1 Å². The van der Waals surface area contributed by atoms with Crippen molar-refractivity contribution in [2.24, 2.45) is 16.6 Å². The van der Waals surface area contributed by atoms with Gasteiger partial charge >= 0.3 is 0 Å². The molecule has 2 unspecified atom stereocenters. The van der Waals surface area contributed by atoms with E-state index in [4.69, 9.17) is 10.5 Å². The predicted molar refractivity (Wildman–Crippen MR) is 98.3 cm³/mol. The average Bonchev–Trinajstić information content (AvgIpc) is 2.92. The number of likely N-dealkylation sites (tertiary alicyclic amines) is 1. The second-order valence-corrected chi connectivity index (χ2v) is 6.31. The van der Waals surface area contributed by atoms with Gasteiger partial charge in [-0.2, -0.15) is 0 Å². The lowest BCUT2D eigenvalue weighted by atomic mass is 10.0. The number of aliphatic imine (C=N–C) groups is 1. The maximum absolute atomic E-state index is 6.08. The van der Waals surface area contributed by atoms with Crippen molar-refractivity contribution < 1.29 is 4.74 Å². The summed E-state index contributed by atoms with van der Waals surface area (Å²) in [5.41, 5.74) is 7.04. The van der Waals surface area contributed by atoms with Crippen LogP contribution in [0.5, 0.6) is 0 Å².